The Kier molecular flexibility index (Phi) is 5.65. The van der Waals surface area contributed by atoms with Crippen LogP contribution in [-0.2, 0) is 0 Å². The lowest BCUT2D eigenvalue weighted by atomic mass is 9.86. The van der Waals surface area contributed by atoms with Crippen molar-refractivity contribution < 1.29 is 9.53 Å². The van der Waals surface area contributed by atoms with Gasteiger partial charge in [-0.1, -0.05) is 18.5 Å². The zero-order valence-electron chi connectivity index (χ0n) is 13.1. The number of rotatable bonds is 5. The number of hydrogen-bond donors (Lipinski definition) is 0. The fourth-order valence-corrected chi connectivity index (χ4v) is 3.23. The minimum Gasteiger partial charge on any atom is -0.495 e. The molecule has 0 aromatic heterocycles. The molecule has 1 aromatic carbocycles. The molecule has 4 heteroatoms. The van der Waals surface area contributed by atoms with Crippen LogP contribution in [0, 0.1) is 5.92 Å². The van der Waals surface area contributed by atoms with Crippen LogP contribution in [0.5, 0.6) is 5.75 Å². The molecule has 1 aliphatic rings. The summed E-state index contributed by atoms with van der Waals surface area (Å²) in [4.78, 5) is 14.6. The number of hydrogen-bond acceptors (Lipinski definition) is 3. The summed E-state index contributed by atoms with van der Waals surface area (Å²) in [6, 6.07) is 5.75. The summed E-state index contributed by atoms with van der Waals surface area (Å²) in [5, 5.41) is 0.484. The maximum absolute atomic E-state index is 12.4. The zero-order chi connectivity index (χ0) is 15.4. The molecular weight excluding hydrogens is 286 g/mol. The average Bonchev–Trinajstić information content (AvgIpc) is 2.47. The molecule has 0 amide bonds. The van der Waals surface area contributed by atoms with Gasteiger partial charge >= 0.3 is 0 Å². The summed E-state index contributed by atoms with van der Waals surface area (Å²) in [5.41, 5.74) is 0.650. The lowest BCUT2D eigenvalue weighted by molar-refractivity contribution is 0.0889. The van der Waals surface area contributed by atoms with E-state index in [1.54, 1.807) is 25.3 Å². The van der Waals surface area contributed by atoms with Crippen LogP contribution in [0.4, 0.5) is 0 Å². The highest BCUT2D eigenvalue weighted by atomic mass is 35.5. The van der Waals surface area contributed by atoms with E-state index in [0.29, 0.717) is 28.9 Å². The number of carbonyl (C=O) groups is 1. The maximum atomic E-state index is 12.4. The molecule has 0 spiro atoms. The van der Waals surface area contributed by atoms with E-state index in [1.807, 2.05) is 7.05 Å². The molecule has 1 saturated carbocycles. The van der Waals surface area contributed by atoms with Crippen molar-refractivity contribution in [3.8, 4) is 5.75 Å². The van der Waals surface area contributed by atoms with E-state index in [-0.39, 0.29) is 5.78 Å². The molecule has 21 heavy (non-hydrogen) atoms. The zero-order valence-corrected chi connectivity index (χ0v) is 13.8. The Hall–Kier alpha value is -1.06. The van der Waals surface area contributed by atoms with Crippen molar-refractivity contribution in [2.45, 2.75) is 38.6 Å². The van der Waals surface area contributed by atoms with Crippen molar-refractivity contribution in [2.24, 2.45) is 5.92 Å². The molecule has 0 N–H and O–H groups in total. The lowest BCUT2D eigenvalue weighted by Gasteiger charge is -2.33. The smallest absolute Gasteiger partial charge is 0.176 e. The van der Waals surface area contributed by atoms with E-state index in [1.165, 1.54) is 25.7 Å². The van der Waals surface area contributed by atoms with Crippen molar-refractivity contribution in [3.05, 3.63) is 28.8 Å². The van der Waals surface area contributed by atoms with Gasteiger partial charge in [-0.05, 0) is 56.8 Å². The molecule has 3 nitrogen and oxygen atoms in total. The molecule has 1 aliphatic carbocycles. The predicted molar refractivity (Wildman–Crippen MR) is 86.4 cm³/mol. The van der Waals surface area contributed by atoms with E-state index >= 15 is 0 Å². The van der Waals surface area contributed by atoms with E-state index in [2.05, 4.69) is 11.8 Å². The first-order valence-corrected chi connectivity index (χ1v) is 7.96. The molecular formula is C17H24ClNO2. The number of Topliss-reactive ketones (excluding diaryl/α,β-unsaturated/α-hetero) is 1. The second kappa shape index (κ2) is 7.28. The van der Waals surface area contributed by atoms with Crippen LogP contribution in [0.25, 0.3) is 0 Å². The van der Waals surface area contributed by atoms with Crippen molar-refractivity contribution in [1.82, 2.24) is 4.90 Å². The highest BCUT2D eigenvalue weighted by Crippen LogP contribution is 2.27. The number of likely N-dealkylation sites (N-methyl/N-ethyl adjacent to an activating group) is 1. The van der Waals surface area contributed by atoms with Crippen LogP contribution in [0.3, 0.4) is 0 Å². The third kappa shape index (κ3) is 4.21. The number of ketones is 1. The van der Waals surface area contributed by atoms with Crippen molar-refractivity contribution >= 4 is 17.4 Å². The number of halogens is 1. The summed E-state index contributed by atoms with van der Waals surface area (Å²) >= 11 is 6.08. The van der Waals surface area contributed by atoms with Crippen LogP contribution < -0.4 is 4.74 Å². The van der Waals surface area contributed by atoms with Crippen molar-refractivity contribution in [3.63, 3.8) is 0 Å². The van der Waals surface area contributed by atoms with Crippen LogP contribution in [-0.4, -0.2) is 37.4 Å². The van der Waals surface area contributed by atoms with Crippen molar-refractivity contribution in [1.29, 1.82) is 0 Å². The Bertz CT molecular complexity index is 496. The Labute approximate surface area is 132 Å². The molecule has 0 saturated heterocycles. The maximum Gasteiger partial charge on any atom is 0.176 e. The predicted octanol–water partition coefficient (Wildman–Crippen LogP) is 4.04. The SMILES string of the molecule is COc1ccc(C(=O)CN(C)C2CCC(C)CC2)cc1Cl. The topological polar surface area (TPSA) is 29.5 Å². The monoisotopic (exact) mass is 309 g/mol. The minimum atomic E-state index is 0.112. The molecule has 0 radical (unpaired) electrons. The molecule has 0 unspecified atom stereocenters. The quantitative estimate of drug-likeness (QED) is 0.769. The van der Waals surface area contributed by atoms with Gasteiger partial charge in [-0.3, -0.25) is 9.69 Å². The molecule has 0 atom stereocenters. The number of benzene rings is 1. The Morgan fingerprint density at radius 2 is 2.00 bits per heavy atom. The number of methoxy groups -OCH3 is 1. The Morgan fingerprint density at radius 3 is 2.57 bits per heavy atom. The van der Waals surface area contributed by atoms with Gasteiger partial charge in [-0.2, -0.15) is 0 Å². The molecule has 1 fully saturated rings. The normalized spacial score (nSPS) is 22.3. The van der Waals surface area contributed by atoms with Gasteiger partial charge < -0.3 is 4.74 Å². The van der Waals surface area contributed by atoms with E-state index < -0.39 is 0 Å². The summed E-state index contributed by atoms with van der Waals surface area (Å²) in [5.74, 6) is 1.54. The molecule has 0 aliphatic heterocycles. The lowest BCUT2D eigenvalue weighted by Crippen LogP contribution is -2.38. The first kappa shape index (κ1) is 16.3. The van der Waals surface area contributed by atoms with Crippen molar-refractivity contribution in [2.75, 3.05) is 20.7 Å². The van der Waals surface area contributed by atoms with Gasteiger partial charge in [0.05, 0.1) is 18.7 Å². The Morgan fingerprint density at radius 1 is 1.33 bits per heavy atom. The third-order valence-corrected chi connectivity index (χ3v) is 4.77. The third-order valence-electron chi connectivity index (χ3n) is 4.48. The van der Waals surface area contributed by atoms with Gasteiger partial charge in [-0.25, -0.2) is 0 Å². The summed E-state index contributed by atoms with van der Waals surface area (Å²) in [6.07, 6.45) is 4.90. The first-order valence-electron chi connectivity index (χ1n) is 7.58. The van der Waals surface area contributed by atoms with Gasteiger partial charge in [0.15, 0.2) is 5.78 Å². The first-order chi connectivity index (χ1) is 10.0. The molecule has 0 bridgehead atoms. The van der Waals surface area contributed by atoms with Gasteiger partial charge in [0, 0.05) is 11.6 Å². The standard InChI is InChI=1S/C17H24ClNO2/c1-12-4-7-14(8-5-12)19(2)11-16(20)13-6-9-17(21-3)15(18)10-13/h6,9-10,12,14H,4-5,7-8,11H2,1-3H3. The molecule has 0 heterocycles. The fourth-order valence-electron chi connectivity index (χ4n) is 2.97. The average molecular weight is 310 g/mol. The molecule has 2 rings (SSSR count). The van der Waals surface area contributed by atoms with E-state index in [0.717, 1.165) is 5.92 Å². The molecule has 116 valence electrons. The number of ether oxygens (including phenoxy) is 1. The van der Waals surface area contributed by atoms with Crippen LogP contribution in [0.15, 0.2) is 18.2 Å². The summed E-state index contributed by atoms with van der Waals surface area (Å²) in [7, 11) is 3.62. The van der Waals surface area contributed by atoms with Crippen LogP contribution >= 0.6 is 11.6 Å². The number of carbonyl (C=O) groups excluding carboxylic acids is 1. The van der Waals surface area contributed by atoms with E-state index in [4.69, 9.17) is 16.3 Å². The Balaban J connectivity index is 1.96. The second-order valence-electron chi connectivity index (χ2n) is 6.10. The summed E-state index contributed by atoms with van der Waals surface area (Å²) in [6.45, 7) is 2.75. The van der Waals surface area contributed by atoms with Crippen LogP contribution in [0.1, 0.15) is 43.0 Å². The van der Waals surface area contributed by atoms with Crippen LogP contribution in [0.2, 0.25) is 5.02 Å². The second-order valence-corrected chi connectivity index (χ2v) is 6.51. The highest BCUT2D eigenvalue weighted by Gasteiger charge is 2.23. The van der Waals surface area contributed by atoms with Gasteiger partial charge in [0.1, 0.15) is 5.75 Å². The summed E-state index contributed by atoms with van der Waals surface area (Å²) < 4.78 is 5.11. The highest BCUT2D eigenvalue weighted by molar-refractivity contribution is 6.32. The van der Waals surface area contributed by atoms with Gasteiger partial charge in [0.2, 0.25) is 0 Å². The fraction of sp³-hybridized carbons (Fsp3) is 0.588. The van der Waals surface area contributed by atoms with Gasteiger partial charge in [0.25, 0.3) is 0 Å². The number of nitrogens with zero attached hydrogens (tertiary/aromatic N) is 1. The van der Waals surface area contributed by atoms with Gasteiger partial charge in [-0.15, -0.1) is 0 Å². The largest absolute Gasteiger partial charge is 0.495 e. The molecule has 1 aromatic rings. The minimum absolute atomic E-state index is 0.112. The van der Waals surface area contributed by atoms with E-state index in [9.17, 15) is 4.79 Å².